The third-order valence-corrected chi connectivity index (χ3v) is 6.54. The molecule has 0 bridgehead atoms. The van der Waals surface area contributed by atoms with E-state index in [1.165, 1.54) is 16.3 Å². The van der Waals surface area contributed by atoms with Crippen molar-refractivity contribution >= 4 is 22.6 Å². The fourth-order valence-electron chi connectivity index (χ4n) is 4.58. The second kappa shape index (κ2) is 9.81. The number of nitrogens with zero attached hydrogens (tertiary/aromatic N) is 7. The molecular formula is C27H28F2N8O. The van der Waals surface area contributed by atoms with Gasteiger partial charge in [-0.25, -0.2) is 18.4 Å². The molecule has 4 aromatic heterocycles. The van der Waals surface area contributed by atoms with E-state index in [2.05, 4.69) is 37.7 Å². The Kier molecular flexibility index (Phi) is 6.52. The summed E-state index contributed by atoms with van der Waals surface area (Å²) in [7, 11) is 1.74. The van der Waals surface area contributed by atoms with Crippen molar-refractivity contribution in [2.24, 2.45) is 7.05 Å². The molecule has 5 rings (SSSR count). The first-order valence-corrected chi connectivity index (χ1v) is 12.2. The molecule has 0 aliphatic rings. The zero-order valence-corrected chi connectivity index (χ0v) is 21.8. The van der Waals surface area contributed by atoms with Crippen molar-refractivity contribution in [2.75, 3.05) is 5.32 Å². The molecule has 0 aliphatic carbocycles. The molecule has 0 atom stereocenters. The number of halogens is 2. The second-order valence-corrected chi connectivity index (χ2v) is 9.48. The SMILES string of the molecule is Cc1ccc(Cn2nc(C)c(NC(=O)Cn3nc(C)c4c(C(F)F)cc(-c5cnn(C)c5)nc43)c2C)cc1. The quantitative estimate of drug-likeness (QED) is 0.331. The molecule has 9 nitrogen and oxygen atoms in total. The molecule has 38 heavy (non-hydrogen) atoms. The maximum absolute atomic E-state index is 14.0. The number of aromatic nitrogens is 7. The molecule has 0 unspecified atom stereocenters. The van der Waals surface area contributed by atoms with Crippen molar-refractivity contribution in [2.45, 2.75) is 47.2 Å². The molecule has 1 aromatic carbocycles. The molecule has 0 aliphatic heterocycles. The Hall–Kier alpha value is -4.41. The lowest BCUT2D eigenvalue weighted by Gasteiger charge is -2.09. The Bertz CT molecular complexity index is 1650. The summed E-state index contributed by atoms with van der Waals surface area (Å²) >= 11 is 0. The maximum atomic E-state index is 14.0. The highest BCUT2D eigenvalue weighted by molar-refractivity contribution is 5.93. The summed E-state index contributed by atoms with van der Waals surface area (Å²) in [6, 6.07) is 9.56. The smallest absolute Gasteiger partial charge is 0.264 e. The van der Waals surface area contributed by atoms with Gasteiger partial charge in [0.25, 0.3) is 6.43 Å². The number of carbonyl (C=O) groups is 1. The van der Waals surface area contributed by atoms with E-state index in [0.717, 1.165) is 11.3 Å². The number of amides is 1. The van der Waals surface area contributed by atoms with E-state index in [1.807, 2.05) is 37.6 Å². The number of fused-ring (bicyclic) bond motifs is 1. The summed E-state index contributed by atoms with van der Waals surface area (Å²) < 4.78 is 32.8. The van der Waals surface area contributed by atoms with E-state index in [1.54, 1.807) is 31.0 Å². The fraction of sp³-hybridized carbons (Fsp3) is 0.296. The van der Waals surface area contributed by atoms with Gasteiger partial charge in [0.15, 0.2) is 5.65 Å². The second-order valence-electron chi connectivity index (χ2n) is 9.48. The van der Waals surface area contributed by atoms with Gasteiger partial charge in [-0.15, -0.1) is 0 Å². The first kappa shape index (κ1) is 25.2. The molecule has 196 valence electrons. The first-order valence-electron chi connectivity index (χ1n) is 12.2. The van der Waals surface area contributed by atoms with Crippen molar-refractivity contribution < 1.29 is 13.6 Å². The zero-order valence-electron chi connectivity index (χ0n) is 21.8. The number of benzene rings is 1. The van der Waals surface area contributed by atoms with E-state index in [0.29, 0.717) is 34.9 Å². The van der Waals surface area contributed by atoms with Crippen molar-refractivity contribution in [3.8, 4) is 11.3 Å². The normalized spacial score (nSPS) is 11.6. The lowest BCUT2D eigenvalue weighted by molar-refractivity contribution is -0.116. The molecule has 11 heteroatoms. The number of alkyl halides is 2. The van der Waals surface area contributed by atoms with Gasteiger partial charge < -0.3 is 5.32 Å². The third kappa shape index (κ3) is 4.79. The number of pyridine rings is 1. The molecule has 0 radical (unpaired) electrons. The topological polar surface area (TPSA) is 95.5 Å². The van der Waals surface area contributed by atoms with E-state index in [4.69, 9.17) is 0 Å². The highest BCUT2D eigenvalue weighted by Gasteiger charge is 2.23. The van der Waals surface area contributed by atoms with Gasteiger partial charge in [-0.3, -0.25) is 14.2 Å². The number of anilines is 1. The van der Waals surface area contributed by atoms with Crippen LogP contribution in [0.2, 0.25) is 0 Å². The monoisotopic (exact) mass is 518 g/mol. The number of rotatable bonds is 7. The van der Waals surface area contributed by atoms with Gasteiger partial charge in [-0.1, -0.05) is 29.8 Å². The van der Waals surface area contributed by atoms with E-state index >= 15 is 0 Å². The summed E-state index contributed by atoms with van der Waals surface area (Å²) in [5, 5.41) is 16.3. The lowest BCUT2D eigenvalue weighted by Crippen LogP contribution is -2.20. The van der Waals surface area contributed by atoms with Crippen molar-refractivity contribution in [3.05, 3.63) is 76.5 Å². The van der Waals surface area contributed by atoms with Crippen LogP contribution in [0.1, 0.15) is 40.2 Å². The Labute approximate surface area is 218 Å². The van der Waals surface area contributed by atoms with Crippen LogP contribution in [0.5, 0.6) is 0 Å². The summed E-state index contributed by atoms with van der Waals surface area (Å²) in [4.78, 5) is 17.7. The predicted octanol–water partition coefficient (Wildman–Crippen LogP) is 4.89. The van der Waals surface area contributed by atoms with Gasteiger partial charge in [0.2, 0.25) is 5.91 Å². The van der Waals surface area contributed by atoms with Crippen LogP contribution in [0.15, 0.2) is 42.7 Å². The zero-order chi connectivity index (χ0) is 27.1. The summed E-state index contributed by atoms with van der Waals surface area (Å²) in [6.07, 6.45) is 0.526. The van der Waals surface area contributed by atoms with Crippen LogP contribution in [0, 0.1) is 27.7 Å². The van der Waals surface area contributed by atoms with Gasteiger partial charge in [0, 0.05) is 24.4 Å². The van der Waals surface area contributed by atoms with Crippen molar-refractivity contribution in [1.82, 2.24) is 34.3 Å². The highest BCUT2D eigenvalue weighted by Crippen LogP contribution is 2.33. The molecule has 1 N–H and O–H groups in total. The summed E-state index contributed by atoms with van der Waals surface area (Å²) in [5.74, 6) is -0.359. The van der Waals surface area contributed by atoms with Crippen LogP contribution in [-0.4, -0.2) is 40.2 Å². The average Bonchev–Trinajstić information content (AvgIpc) is 3.52. The van der Waals surface area contributed by atoms with Crippen LogP contribution in [-0.2, 0) is 24.9 Å². The molecule has 0 spiro atoms. The van der Waals surface area contributed by atoms with E-state index in [-0.39, 0.29) is 29.0 Å². The van der Waals surface area contributed by atoms with Crippen molar-refractivity contribution in [3.63, 3.8) is 0 Å². The minimum absolute atomic E-state index is 0.179. The summed E-state index contributed by atoms with van der Waals surface area (Å²) in [6.45, 7) is 7.78. The predicted molar refractivity (Wildman–Crippen MR) is 140 cm³/mol. The number of hydrogen-bond donors (Lipinski definition) is 1. The number of hydrogen-bond acceptors (Lipinski definition) is 5. The molecular weight excluding hydrogens is 490 g/mol. The van der Waals surface area contributed by atoms with Crippen LogP contribution < -0.4 is 5.32 Å². The first-order chi connectivity index (χ1) is 18.1. The Morgan fingerprint density at radius 1 is 1.03 bits per heavy atom. The minimum atomic E-state index is -2.73. The summed E-state index contributed by atoms with van der Waals surface area (Å²) in [5.41, 5.74) is 5.75. The van der Waals surface area contributed by atoms with Gasteiger partial charge >= 0.3 is 0 Å². The Morgan fingerprint density at radius 2 is 1.74 bits per heavy atom. The molecule has 0 saturated carbocycles. The number of carbonyl (C=O) groups excluding carboxylic acids is 1. The molecule has 0 fully saturated rings. The van der Waals surface area contributed by atoms with Crippen molar-refractivity contribution in [1.29, 1.82) is 0 Å². The molecule has 0 saturated heterocycles. The molecule has 1 amide bonds. The molecule has 5 aromatic rings. The largest absolute Gasteiger partial charge is 0.321 e. The fourth-order valence-corrected chi connectivity index (χ4v) is 4.58. The van der Waals surface area contributed by atoms with Crippen LogP contribution >= 0.6 is 0 Å². The Balaban J connectivity index is 1.43. The van der Waals surface area contributed by atoms with Gasteiger partial charge in [0.1, 0.15) is 6.54 Å². The van der Waals surface area contributed by atoms with Gasteiger partial charge in [-0.2, -0.15) is 15.3 Å². The maximum Gasteiger partial charge on any atom is 0.264 e. The number of nitrogens with one attached hydrogen (secondary N) is 1. The van der Waals surface area contributed by atoms with Gasteiger partial charge in [-0.05, 0) is 39.3 Å². The van der Waals surface area contributed by atoms with E-state index in [9.17, 15) is 13.6 Å². The van der Waals surface area contributed by atoms with Crippen LogP contribution in [0.4, 0.5) is 14.5 Å². The van der Waals surface area contributed by atoms with Crippen LogP contribution in [0.3, 0.4) is 0 Å². The van der Waals surface area contributed by atoms with Crippen LogP contribution in [0.25, 0.3) is 22.3 Å². The minimum Gasteiger partial charge on any atom is -0.321 e. The molecule has 4 heterocycles. The average molecular weight is 519 g/mol. The van der Waals surface area contributed by atoms with E-state index < -0.39 is 6.43 Å². The standard InChI is InChI=1S/C27H28F2N8O/c1-15-6-8-19(9-7-15)12-36-18(4)25(17(3)34-36)32-23(38)14-37-27-24(16(2)33-37)21(26(28)29)10-22(31-27)20-11-30-35(5)13-20/h6-11,13,26H,12,14H2,1-5H3,(H,32,38). The number of aryl methyl sites for hydroxylation is 4. The third-order valence-electron chi connectivity index (χ3n) is 6.54. The Morgan fingerprint density at radius 3 is 2.39 bits per heavy atom. The van der Waals surface area contributed by atoms with Gasteiger partial charge in [0.05, 0.1) is 46.6 Å². The lowest BCUT2D eigenvalue weighted by atomic mass is 10.1. The highest BCUT2D eigenvalue weighted by atomic mass is 19.3.